The highest BCUT2D eigenvalue weighted by Crippen LogP contribution is 2.29. The van der Waals surface area contributed by atoms with Crippen LogP contribution in [0.2, 0.25) is 0 Å². The molecule has 1 aliphatic rings. The first kappa shape index (κ1) is 13.3. The van der Waals surface area contributed by atoms with Gasteiger partial charge in [-0.05, 0) is 5.21 Å². The lowest BCUT2D eigenvalue weighted by Crippen LogP contribution is -2.58. The number of nitrogens with two attached hydrogens (primary N) is 1. The van der Waals surface area contributed by atoms with Crippen LogP contribution in [0.5, 0.6) is 0 Å². The van der Waals surface area contributed by atoms with E-state index in [-0.39, 0.29) is 11.6 Å². The summed E-state index contributed by atoms with van der Waals surface area (Å²) in [4.78, 5) is 1.44. The van der Waals surface area contributed by atoms with E-state index < -0.39 is 0 Å². The third kappa shape index (κ3) is 2.66. The maximum absolute atomic E-state index is 5.71. The molecule has 2 rings (SSSR count). The van der Waals surface area contributed by atoms with Crippen LogP contribution >= 0.6 is 0 Å². The third-order valence-electron chi connectivity index (χ3n) is 3.52. The molecule has 3 N–H and O–H groups in total. The number of hydrazine groups is 1. The summed E-state index contributed by atoms with van der Waals surface area (Å²) in [5.41, 5.74) is 2.50. The van der Waals surface area contributed by atoms with Gasteiger partial charge in [0.15, 0.2) is 5.82 Å². The lowest BCUT2D eigenvalue weighted by atomic mass is 9.84. The summed E-state index contributed by atoms with van der Waals surface area (Å²) in [7, 11) is 3.45. The molecular formula is C10H20N6O2. The summed E-state index contributed by atoms with van der Waals surface area (Å²) in [6, 6.07) is -0.0596. The smallest absolute Gasteiger partial charge is 0.176 e. The molecule has 0 spiro atoms. The van der Waals surface area contributed by atoms with E-state index in [1.807, 2.05) is 0 Å². The molecule has 8 heteroatoms. The Morgan fingerprint density at radius 1 is 1.56 bits per heavy atom. The Bertz CT molecular complexity index is 376. The molecule has 1 atom stereocenters. The summed E-state index contributed by atoms with van der Waals surface area (Å²) >= 11 is 0. The van der Waals surface area contributed by atoms with E-state index in [0.717, 1.165) is 12.8 Å². The SMILES string of the molecule is COC1(C(Cc2nnn(C)n2)NN)CCOCC1. The summed E-state index contributed by atoms with van der Waals surface area (Å²) < 4.78 is 11.1. The second-order valence-corrected chi connectivity index (χ2v) is 4.50. The Kier molecular flexibility index (Phi) is 4.23. The van der Waals surface area contributed by atoms with Crippen molar-refractivity contribution in [2.45, 2.75) is 30.9 Å². The van der Waals surface area contributed by atoms with E-state index in [1.165, 1.54) is 4.80 Å². The number of hydrogen-bond donors (Lipinski definition) is 2. The fourth-order valence-electron chi connectivity index (χ4n) is 2.40. The van der Waals surface area contributed by atoms with Crippen molar-refractivity contribution in [2.75, 3.05) is 20.3 Å². The van der Waals surface area contributed by atoms with E-state index >= 15 is 0 Å². The summed E-state index contributed by atoms with van der Waals surface area (Å²) in [6.45, 7) is 1.36. The fourth-order valence-corrected chi connectivity index (χ4v) is 2.40. The number of hydrogen-bond acceptors (Lipinski definition) is 7. The van der Waals surface area contributed by atoms with Gasteiger partial charge in [0, 0.05) is 39.6 Å². The van der Waals surface area contributed by atoms with Crippen LogP contribution in [-0.2, 0) is 22.9 Å². The molecule has 2 heterocycles. The molecule has 0 bridgehead atoms. The monoisotopic (exact) mass is 256 g/mol. The van der Waals surface area contributed by atoms with Crippen molar-refractivity contribution in [3.05, 3.63) is 5.82 Å². The highest BCUT2D eigenvalue weighted by molar-refractivity contribution is 4.99. The maximum Gasteiger partial charge on any atom is 0.176 e. The van der Waals surface area contributed by atoms with E-state index in [0.29, 0.717) is 25.5 Å². The van der Waals surface area contributed by atoms with Crippen LogP contribution in [0.1, 0.15) is 18.7 Å². The molecule has 18 heavy (non-hydrogen) atoms. The van der Waals surface area contributed by atoms with Gasteiger partial charge in [-0.25, -0.2) is 0 Å². The van der Waals surface area contributed by atoms with Gasteiger partial charge in [0.25, 0.3) is 0 Å². The van der Waals surface area contributed by atoms with Crippen molar-refractivity contribution < 1.29 is 9.47 Å². The quantitative estimate of drug-likeness (QED) is 0.503. The van der Waals surface area contributed by atoms with Gasteiger partial charge in [-0.3, -0.25) is 11.3 Å². The predicted octanol–water partition coefficient (Wildman–Crippen LogP) is -1.22. The molecule has 8 nitrogen and oxygen atoms in total. The second kappa shape index (κ2) is 5.70. The van der Waals surface area contributed by atoms with Crippen LogP contribution in [0.4, 0.5) is 0 Å². The van der Waals surface area contributed by atoms with Gasteiger partial charge in [-0.2, -0.15) is 4.80 Å². The average Bonchev–Trinajstić information content (AvgIpc) is 2.82. The number of aryl methyl sites for hydroxylation is 1. The first-order valence-electron chi connectivity index (χ1n) is 6.02. The standard InChI is InChI=1S/C10H20N6O2/c1-16-14-9(13-15-16)7-8(12-11)10(17-2)3-5-18-6-4-10/h8,12H,3-7,11H2,1-2H3. The van der Waals surface area contributed by atoms with Crippen molar-refractivity contribution in [3.8, 4) is 0 Å². The zero-order valence-corrected chi connectivity index (χ0v) is 10.8. The first-order valence-corrected chi connectivity index (χ1v) is 6.02. The Hall–Kier alpha value is -1.09. The van der Waals surface area contributed by atoms with Gasteiger partial charge >= 0.3 is 0 Å². The normalized spacial score (nSPS) is 20.8. The number of ether oxygens (including phenoxy) is 2. The van der Waals surface area contributed by atoms with Gasteiger partial charge in [0.2, 0.25) is 0 Å². The molecule has 0 aromatic carbocycles. The van der Waals surface area contributed by atoms with Crippen molar-refractivity contribution >= 4 is 0 Å². The fraction of sp³-hybridized carbons (Fsp3) is 0.900. The molecule has 0 saturated carbocycles. The third-order valence-corrected chi connectivity index (χ3v) is 3.52. The number of tetrazole rings is 1. The highest BCUT2D eigenvalue weighted by atomic mass is 16.5. The van der Waals surface area contributed by atoms with Crippen LogP contribution in [0.3, 0.4) is 0 Å². The van der Waals surface area contributed by atoms with Gasteiger partial charge in [0.1, 0.15) is 0 Å². The number of methoxy groups -OCH3 is 1. The number of nitrogens with zero attached hydrogens (tertiary/aromatic N) is 4. The molecule has 1 fully saturated rings. The number of aromatic nitrogens is 4. The molecule has 0 radical (unpaired) electrons. The Morgan fingerprint density at radius 2 is 2.28 bits per heavy atom. The van der Waals surface area contributed by atoms with Gasteiger partial charge in [-0.15, -0.1) is 10.2 Å². The topological polar surface area (TPSA) is 100 Å². The number of rotatable bonds is 5. The molecule has 1 aromatic rings. The molecule has 1 aliphatic heterocycles. The summed E-state index contributed by atoms with van der Waals surface area (Å²) in [6.07, 6.45) is 2.19. The van der Waals surface area contributed by atoms with Crippen LogP contribution in [0.25, 0.3) is 0 Å². The molecule has 0 amide bonds. The van der Waals surface area contributed by atoms with Crippen LogP contribution in [-0.4, -0.2) is 52.2 Å². The zero-order valence-electron chi connectivity index (χ0n) is 10.8. The van der Waals surface area contributed by atoms with Crippen molar-refractivity contribution in [3.63, 3.8) is 0 Å². The van der Waals surface area contributed by atoms with Crippen LogP contribution < -0.4 is 11.3 Å². The van der Waals surface area contributed by atoms with Gasteiger partial charge in [-0.1, -0.05) is 0 Å². The second-order valence-electron chi connectivity index (χ2n) is 4.50. The summed E-state index contributed by atoms with van der Waals surface area (Å²) in [5, 5.41) is 12.0. The minimum Gasteiger partial charge on any atom is -0.381 e. The van der Waals surface area contributed by atoms with E-state index in [9.17, 15) is 0 Å². The molecule has 1 unspecified atom stereocenters. The Labute approximate surface area is 106 Å². The number of nitrogens with one attached hydrogen (secondary N) is 1. The van der Waals surface area contributed by atoms with Crippen molar-refractivity contribution in [2.24, 2.45) is 12.9 Å². The average molecular weight is 256 g/mol. The highest BCUT2D eigenvalue weighted by Gasteiger charge is 2.40. The van der Waals surface area contributed by atoms with E-state index in [1.54, 1.807) is 14.2 Å². The van der Waals surface area contributed by atoms with E-state index in [2.05, 4.69) is 20.8 Å². The van der Waals surface area contributed by atoms with Crippen molar-refractivity contribution in [1.29, 1.82) is 0 Å². The molecular weight excluding hydrogens is 236 g/mol. The zero-order chi connectivity index (χ0) is 13.0. The molecule has 0 aliphatic carbocycles. The summed E-state index contributed by atoms with van der Waals surface area (Å²) in [5.74, 6) is 6.32. The van der Waals surface area contributed by atoms with E-state index in [4.69, 9.17) is 15.3 Å². The lowest BCUT2D eigenvalue weighted by molar-refractivity contribution is -0.110. The maximum atomic E-state index is 5.71. The van der Waals surface area contributed by atoms with Crippen LogP contribution in [0.15, 0.2) is 0 Å². The van der Waals surface area contributed by atoms with Gasteiger partial charge in [0.05, 0.1) is 18.7 Å². The largest absolute Gasteiger partial charge is 0.381 e. The Morgan fingerprint density at radius 3 is 2.78 bits per heavy atom. The first-order chi connectivity index (χ1) is 8.70. The lowest BCUT2D eigenvalue weighted by Gasteiger charge is -2.41. The Balaban J connectivity index is 2.10. The molecule has 1 saturated heterocycles. The predicted molar refractivity (Wildman–Crippen MR) is 63.4 cm³/mol. The van der Waals surface area contributed by atoms with Gasteiger partial charge < -0.3 is 9.47 Å². The minimum atomic E-state index is -0.327. The molecule has 1 aromatic heterocycles. The minimum absolute atomic E-state index is 0.0596. The van der Waals surface area contributed by atoms with Crippen LogP contribution in [0, 0.1) is 0 Å². The molecule has 102 valence electrons. The van der Waals surface area contributed by atoms with Crippen molar-refractivity contribution in [1.82, 2.24) is 25.6 Å².